The monoisotopic (exact) mass is 275 g/mol. The molecular weight excluding hydrogens is 262 g/mol. The maximum Gasteiger partial charge on any atom is 0.407 e. The SMILES string of the molecule is O=C1NCC(CSc2ccc(O)c3ccccc23)O1. The Bertz CT molecular complexity index is 629. The van der Waals surface area contributed by atoms with Crippen molar-refractivity contribution in [1.82, 2.24) is 5.32 Å². The highest BCUT2D eigenvalue weighted by Crippen LogP contribution is 2.33. The molecule has 4 nitrogen and oxygen atoms in total. The van der Waals surface area contributed by atoms with Crippen LogP contribution >= 0.6 is 11.8 Å². The van der Waals surface area contributed by atoms with Crippen molar-refractivity contribution < 1.29 is 14.6 Å². The lowest BCUT2D eigenvalue weighted by Crippen LogP contribution is -2.16. The first-order valence-electron chi connectivity index (χ1n) is 6.02. The van der Waals surface area contributed by atoms with Gasteiger partial charge in [-0.2, -0.15) is 0 Å². The quantitative estimate of drug-likeness (QED) is 0.846. The zero-order valence-electron chi connectivity index (χ0n) is 10.1. The molecule has 1 fully saturated rings. The first kappa shape index (κ1) is 12.2. The minimum absolute atomic E-state index is 0.0925. The molecule has 3 rings (SSSR count). The lowest BCUT2D eigenvalue weighted by Gasteiger charge is -2.10. The standard InChI is InChI=1S/C14H13NO3S/c16-12-5-6-13(11-4-2-1-3-10(11)12)19-8-9-7-15-14(17)18-9/h1-6,9,16H,7-8H2,(H,15,17). The Balaban J connectivity index is 1.81. The van der Waals surface area contributed by atoms with Crippen LogP contribution in [0.4, 0.5) is 4.79 Å². The van der Waals surface area contributed by atoms with Gasteiger partial charge in [-0.1, -0.05) is 24.3 Å². The van der Waals surface area contributed by atoms with E-state index in [2.05, 4.69) is 5.32 Å². The molecule has 1 atom stereocenters. The Morgan fingerprint density at radius 3 is 2.79 bits per heavy atom. The predicted molar refractivity (Wildman–Crippen MR) is 74.6 cm³/mol. The first-order valence-corrected chi connectivity index (χ1v) is 7.00. The smallest absolute Gasteiger partial charge is 0.407 e. The lowest BCUT2D eigenvalue weighted by molar-refractivity contribution is 0.150. The van der Waals surface area contributed by atoms with E-state index in [1.807, 2.05) is 30.3 Å². The highest BCUT2D eigenvalue weighted by Gasteiger charge is 2.22. The third kappa shape index (κ3) is 2.46. The number of phenolic OH excluding ortho intramolecular Hbond substituents is 1. The number of aromatic hydroxyl groups is 1. The molecule has 19 heavy (non-hydrogen) atoms. The number of benzene rings is 2. The van der Waals surface area contributed by atoms with Crippen molar-refractivity contribution in [3.8, 4) is 5.75 Å². The van der Waals surface area contributed by atoms with Crippen LogP contribution in [-0.2, 0) is 4.74 Å². The number of phenols is 1. The van der Waals surface area contributed by atoms with E-state index >= 15 is 0 Å². The van der Waals surface area contributed by atoms with Gasteiger partial charge in [-0.05, 0) is 17.5 Å². The van der Waals surface area contributed by atoms with Crippen LogP contribution in [0, 0.1) is 0 Å². The zero-order chi connectivity index (χ0) is 13.2. The number of thioether (sulfide) groups is 1. The molecule has 1 unspecified atom stereocenters. The summed E-state index contributed by atoms with van der Waals surface area (Å²) in [5, 5.41) is 14.3. The highest BCUT2D eigenvalue weighted by molar-refractivity contribution is 7.99. The molecule has 1 aliphatic heterocycles. The van der Waals surface area contributed by atoms with E-state index in [1.54, 1.807) is 17.8 Å². The van der Waals surface area contributed by atoms with Gasteiger partial charge < -0.3 is 15.2 Å². The molecule has 1 amide bonds. The number of fused-ring (bicyclic) bond motifs is 1. The van der Waals surface area contributed by atoms with E-state index in [0.717, 1.165) is 15.7 Å². The minimum Gasteiger partial charge on any atom is -0.507 e. The summed E-state index contributed by atoms with van der Waals surface area (Å²) in [5.41, 5.74) is 0. The molecule has 1 heterocycles. The Morgan fingerprint density at radius 2 is 2.05 bits per heavy atom. The second-order valence-electron chi connectivity index (χ2n) is 4.35. The van der Waals surface area contributed by atoms with Crippen molar-refractivity contribution in [2.24, 2.45) is 0 Å². The van der Waals surface area contributed by atoms with Crippen molar-refractivity contribution in [1.29, 1.82) is 0 Å². The van der Waals surface area contributed by atoms with Crippen LogP contribution < -0.4 is 5.32 Å². The Morgan fingerprint density at radius 1 is 1.26 bits per heavy atom. The van der Waals surface area contributed by atoms with Gasteiger partial charge in [0.15, 0.2) is 0 Å². The molecule has 1 saturated heterocycles. The van der Waals surface area contributed by atoms with Crippen molar-refractivity contribution in [2.45, 2.75) is 11.0 Å². The molecule has 98 valence electrons. The summed E-state index contributed by atoms with van der Waals surface area (Å²) < 4.78 is 5.10. The molecule has 0 spiro atoms. The Hall–Kier alpha value is -1.88. The van der Waals surface area contributed by atoms with Crippen molar-refractivity contribution in [3.63, 3.8) is 0 Å². The molecule has 0 radical (unpaired) electrons. The van der Waals surface area contributed by atoms with Crippen LogP contribution in [0.5, 0.6) is 5.75 Å². The number of rotatable bonds is 3. The fourth-order valence-electron chi connectivity index (χ4n) is 2.09. The topological polar surface area (TPSA) is 58.6 Å². The molecule has 0 bridgehead atoms. The summed E-state index contributed by atoms with van der Waals surface area (Å²) in [6.07, 6.45) is -0.439. The molecule has 2 aromatic rings. The summed E-state index contributed by atoms with van der Waals surface area (Å²) in [4.78, 5) is 12.0. The minimum atomic E-state index is -0.346. The fourth-order valence-corrected chi connectivity index (χ4v) is 3.14. The van der Waals surface area contributed by atoms with Gasteiger partial charge in [0.2, 0.25) is 0 Å². The molecule has 1 aliphatic rings. The number of cyclic esters (lactones) is 1. The van der Waals surface area contributed by atoms with Crippen LogP contribution in [0.3, 0.4) is 0 Å². The van der Waals surface area contributed by atoms with Gasteiger partial charge in [0.1, 0.15) is 11.9 Å². The van der Waals surface area contributed by atoms with Crippen molar-refractivity contribution in [2.75, 3.05) is 12.3 Å². The van der Waals surface area contributed by atoms with Gasteiger partial charge in [0.05, 0.1) is 6.54 Å². The summed E-state index contributed by atoms with van der Waals surface area (Å²) in [6.45, 7) is 0.557. The second kappa shape index (κ2) is 5.01. The van der Waals surface area contributed by atoms with Crippen molar-refractivity contribution >= 4 is 28.6 Å². The largest absolute Gasteiger partial charge is 0.507 e. The second-order valence-corrected chi connectivity index (χ2v) is 5.41. The number of alkyl carbamates (subject to hydrolysis) is 1. The molecular formula is C14H13NO3S. The summed E-state index contributed by atoms with van der Waals surface area (Å²) in [5.74, 6) is 0.988. The van der Waals surface area contributed by atoms with Crippen molar-refractivity contribution in [3.05, 3.63) is 36.4 Å². The third-order valence-corrected chi connectivity index (χ3v) is 4.24. The van der Waals surface area contributed by atoms with Gasteiger partial charge in [-0.15, -0.1) is 11.8 Å². The number of amides is 1. The van der Waals surface area contributed by atoms with Crippen LogP contribution in [0.25, 0.3) is 10.8 Å². The van der Waals surface area contributed by atoms with Gasteiger partial charge >= 0.3 is 6.09 Å². The first-order chi connectivity index (χ1) is 9.24. The molecule has 2 N–H and O–H groups in total. The summed E-state index contributed by atoms with van der Waals surface area (Å²) in [7, 11) is 0. The number of ether oxygens (including phenoxy) is 1. The van der Waals surface area contributed by atoms with Gasteiger partial charge in [-0.25, -0.2) is 4.79 Å². The van der Waals surface area contributed by atoms with Crippen LogP contribution in [0.2, 0.25) is 0 Å². The van der Waals surface area contributed by atoms with E-state index in [9.17, 15) is 9.90 Å². The predicted octanol–water partition coefficient (Wildman–Crippen LogP) is 2.75. The number of hydrogen-bond acceptors (Lipinski definition) is 4. The summed E-state index contributed by atoms with van der Waals surface area (Å²) >= 11 is 1.63. The molecule has 2 aromatic carbocycles. The molecule has 0 aliphatic carbocycles. The average molecular weight is 275 g/mol. The van der Waals surface area contributed by atoms with Gasteiger partial charge in [0, 0.05) is 16.0 Å². The van der Waals surface area contributed by atoms with E-state index in [-0.39, 0.29) is 17.9 Å². The van der Waals surface area contributed by atoms with Crippen LogP contribution in [-0.4, -0.2) is 29.6 Å². The van der Waals surface area contributed by atoms with Crippen LogP contribution in [0.1, 0.15) is 0 Å². The van der Waals surface area contributed by atoms with E-state index < -0.39 is 0 Å². The lowest BCUT2D eigenvalue weighted by atomic mass is 10.1. The van der Waals surface area contributed by atoms with E-state index in [1.165, 1.54) is 0 Å². The maximum atomic E-state index is 10.9. The van der Waals surface area contributed by atoms with Crippen LogP contribution in [0.15, 0.2) is 41.3 Å². The Kier molecular flexibility index (Phi) is 3.21. The fraction of sp³-hybridized carbons (Fsp3) is 0.214. The van der Waals surface area contributed by atoms with E-state index in [4.69, 9.17) is 4.74 Å². The highest BCUT2D eigenvalue weighted by atomic mass is 32.2. The number of hydrogen-bond donors (Lipinski definition) is 2. The van der Waals surface area contributed by atoms with Gasteiger partial charge in [-0.3, -0.25) is 0 Å². The number of nitrogens with one attached hydrogen (secondary N) is 1. The van der Waals surface area contributed by atoms with E-state index in [0.29, 0.717) is 12.3 Å². The maximum absolute atomic E-state index is 10.9. The average Bonchev–Trinajstić information content (AvgIpc) is 2.84. The molecule has 0 aromatic heterocycles. The number of carbonyl (C=O) groups excluding carboxylic acids is 1. The van der Waals surface area contributed by atoms with Gasteiger partial charge in [0.25, 0.3) is 0 Å². The normalized spacial score (nSPS) is 18.3. The number of carbonyl (C=O) groups is 1. The molecule has 0 saturated carbocycles. The third-order valence-electron chi connectivity index (χ3n) is 3.03. The summed E-state index contributed by atoms with van der Waals surface area (Å²) in [6, 6.07) is 11.3. The molecule has 5 heteroatoms. The zero-order valence-corrected chi connectivity index (χ0v) is 10.9. The Labute approximate surface area is 114 Å².